The van der Waals surface area contributed by atoms with Crippen LogP contribution in [0.1, 0.15) is 36.0 Å². The number of amides is 2. The Kier molecular flexibility index (Phi) is 10.6. The number of carbonyl (C=O) groups excluding carboxylic acids is 1. The summed E-state index contributed by atoms with van der Waals surface area (Å²) >= 11 is 1.51. The van der Waals surface area contributed by atoms with E-state index in [0.717, 1.165) is 28.1 Å². The molecule has 6 aromatic rings. The molecule has 258 valence electrons. The predicted octanol–water partition coefficient (Wildman–Crippen LogP) is 8.17. The number of anilines is 2. The molecule has 2 amide bonds. The van der Waals surface area contributed by atoms with Crippen molar-refractivity contribution in [3.8, 4) is 17.2 Å². The average Bonchev–Trinajstić information content (AvgIpc) is 3.65. The number of hydrogen-bond acceptors (Lipinski definition) is 9. The molecule has 1 aliphatic rings. The molecule has 12 heteroatoms. The molecule has 3 N–H and O–H groups in total. The summed E-state index contributed by atoms with van der Waals surface area (Å²) in [6.45, 7) is 2.07. The molecule has 11 nitrogen and oxygen atoms in total. The number of nitrogens with zero attached hydrogens (tertiary/aromatic N) is 4. The lowest BCUT2D eigenvalue weighted by Crippen LogP contribution is -2.38. The monoisotopic (exact) mass is 700 g/mol. The van der Waals surface area contributed by atoms with Gasteiger partial charge >= 0.3 is 6.03 Å². The van der Waals surface area contributed by atoms with Crippen LogP contribution in [-0.2, 0) is 16.1 Å². The summed E-state index contributed by atoms with van der Waals surface area (Å²) in [5, 5.41) is 28.4. The Morgan fingerprint density at radius 3 is 2.25 bits per heavy atom. The van der Waals surface area contributed by atoms with E-state index in [1.165, 1.54) is 11.8 Å². The van der Waals surface area contributed by atoms with Gasteiger partial charge in [0.05, 0.1) is 24.5 Å². The van der Waals surface area contributed by atoms with E-state index in [0.29, 0.717) is 28.0 Å². The van der Waals surface area contributed by atoms with Crippen molar-refractivity contribution in [1.29, 1.82) is 0 Å². The van der Waals surface area contributed by atoms with Gasteiger partial charge in [0.15, 0.2) is 6.29 Å². The first-order valence-corrected chi connectivity index (χ1v) is 17.5. The molecule has 1 fully saturated rings. The van der Waals surface area contributed by atoms with E-state index in [9.17, 15) is 9.90 Å². The second kappa shape index (κ2) is 16.0. The van der Waals surface area contributed by atoms with Crippen LogP contribution in [0.3, 0.4) is 0 Å². The minimum absolute atomic E-state index is 0.0358. The van der Waals surface area contributed by atoms with Crippen LogP contribution >= 0.6 is 11.8 Å². The van der Waals surface area contributed by atoms with E-state index in [2.05, 4.69) is 33.1 Å². The van der Waals surface area contributed by atoms with Gasteiger partial charge in [0.2, 0.25) is 5.16 Å². The van der Waals surface area contributed by atoms with Crippen molar-refractivity contribution >= 4 is 29.2 Å². The van der Waals surface area contributed by atoms with Crippen molar-refractivity contribution in [1.82, 2.24) is 20.2 Å². The van der Waals surface area contributed by atoms with Crippen molar-refractivity contribution in [2.45, 2.75) is 37.2 Å². The van der Waals surface area contributed by atoms with Gasteiger partial charge in [-0.1, -0.05) is 91.5 Å². The Morgan fingerprint density at radius 1 is 0.804 bits per heavy atom. The van der Waals surface area contributed by atoms with E-state index in [1.807, 2.05) is 109 Å². The van der Waals surface area contributed by atoms with Crippen molar-refractivity contribution in [2.75, 3.05) is 16.4 Å². The van der Waals surface area contributed by atoms with Gasteiger partial charge in [-0.25, -0.2) is 4.79 Å². The number of urea groups is 1. The highest BCUT2D eigenvalue weighted by Gasteiger charge is 2.38. The van der Waals surface area contributed by atoms with Crippen molar-refractivity contribution < 1.29 is 24.1 Å². The van der Waals surface area contributed by atoms with E-state index in [4.69, 9.17) is 14.2 Å². The number of rotatable bonds is 11. The Hall–Kier alpha value is -5.53. The molecule has 1 aliphatic heterocycles. The summed E-state index contributed by atoms with van der Waals surface area (Å²) in [6.07, 6.45) is -1.27. The topological polar surface area (TPSA) is 133 Å². The van der Waals surface area contributed by atoms with Gasteiger partial charge in [0, 0.05) is 28.6 Å². The van der Waals surface area contributed by atoms with Gasteiger partial charge in [-0.3, -0.25) is 0 Å². The minimum atomic E-state index is -0.721. The summed E-state index contributed by atoms with van der Waals surface area (Å²) in [5.41, 5.74) is 4.62. The van der Waals surface area contributed by atoms with Gasteiger partial charge in [-0.15, -0.1) is 5.10 Å². The highest BCUT2D eigenvalue weighted by molar-refractivity contribution is 7.99. The molecule has 0 aliphatic carbocycles. The third kappa shape index (κ3) is 8.44. The maximum Gasteiger partial charge on any atom is 0.323 e. The van der Waals surface area contributed by atoms with Crippen molar-refractivity contribution in [3.05, 3.63) is 150 Å². The SMILES string of the molecule is CC1C(CSc2nnnn2-c2ccccc2)OC(c2cccc(NC(=O)Nc3ccc(Oc4ccccc4)cc3)c2)OC1c1ccc(CO)cc1. The summed E-state index contributed by atoms with van der Waals surface area (Å²) in [5.74, 6) is 1.92. The second-order valence-corrected chi connectivity index (χ2v) is 13.0. The van der Waals surface area contributed by atoms with E-state index < -0.39 is 12.3 Å². The fourth-order valence-electron chi connectivity index (χ4n) is 5.75. The molecule has 4 atom stereocenters. The van der Waals surface area contributed by atoms with Crippen LogP contribution < -0.4 is 15.4 Å². The van der Waals surface area contributed by atoms with Gasteiger partial charge in [-0.2, -0.15) is 4.68 Å². The molecular formula is C39H36N6O5S. The number of nitrogens with one attached hydrogen (secondary N) is 2. The zero-order valence-corrected chi connectivity index (χ0v) is 28.5. The lowest BCUT2D eigenvalue weighted by atomic mass is 9.91. The Balaban J connectivity index is 1.05. The predicted molar refractivity (Wildman–Crippen MR) is 195 cm³/mol. The van der Waals surface area contributed by atoms with E-state index in [1.54, 1.807) is 28.9 Å². The first kappa shape index (κ1) is 33.9. The number of thioether (sulfide) groups is 1. The number of tetrazole rings is 1. The number of benzene rings is 5. The molecule has 0 saturated carbocycles. The van der Waals surface area contributed by atoms with Crippen molar-refractivity contribution in [3.63, 3.8) is 0 Å². The van der Waals surface area contributed by atoms with Crippen LogP contribution in [0.25, 0.3) is 5.69 Å². The third-order valence-corrected chi connectivity index (χ3v) is 9.46. The van der Waals surface area contributed by atoms with Crippen LogP contribution in [0.15, 0.2) is 139 Å². The fraction of sp³-hybridized carbons (Fsp3) is 0.179. The van der Waals surface area contributed by atoms with Crippen molar-refractivity contribution in [2.24, 2.45) is 5.92 Å². The number of aliphatic hydroxyl groups is 1. The van der Waals surface area contributed by atoms with Crippen LogP contribution in [0.5, 0.6) is 11.5 Å². The maximum atomic E-state index is 13.0. The van der Waals surface area contributed by atoms with Crippen LogP contribution in [0.4, 0.5) is 16.2 Å². The molecule has 0 radical (unpaired) electrons. The number of aliphatic hydroxyl groups excluding tert-OH is 1. The van der Waals surface area contributed by atoms with Crippen LogP contribution in [0.2, 0.25) is 0 Å². The Morgan fingerprint density at radius 2 is 1.51 bits per heavy atom. The first-order chi connectivity index (χ1) is 25.0. The summed E-state index contributed by atoms with van der Waals surface area (Å²) in [7, 11) is 0. The van der Waals surface area contributed by atoms with Gasteiger partial charge in [-0.05, 0) is 82.2 Å². The summed E-state index contributed by atoms with van der Waals surface area (Å²) in [4.78, 5) is 13.0. The first-order valence-electron chi connectivity index (χ1n) is 16.5. The Bertz CT molecular complexity index is 2030. The maximum absolute atomic E-state index is 13.0. The molecular weight excluding hydrogens is 665 g/mol. The zero-order chi connectivity index (χ0) is 35.0. The average molecular weight is 701 g/mol. The lowest BCUT2D eigenvalue weighted by Gasteiger charge is -2.41. The highest BCUT2D eigenvalue weighted by Crippen LogP contribution is 2.43. The van der Waals surface area contributed by atoms with Crippen LogP contribution in [-0.4, -0.2) is 43.2 Å². The van der Waals surface area contributed by atoms with E-state index >= 15 is 0 Å². The minimum Gasteiger partial charge on any atom is -0.457 e. The largest absolute Gasteiger partial charge is 0.457 e. The normalized spacial score (nSPS) is 18.5. The molecule has 4 unspecified atom stereocenters. The summed E-state index contributed by atoms with van der Waals surface area (Å²) < 4.78 is 20.8. The molecule has 7 rings (SSSR count). The van der Waals surface area contributed by atoms with Gasteiger partial charge in [0.25, 0.3) is 0 Å². The number of aromatic nitrogens is 4. The number of para-hydroxylation sites is 2. The number of ether oxygens (including phenoxy) is 3. The number of hydrogen-bond donors (Lipinski definition) is 3. The highest BCUT2D eigenvalue weighted by atomic mass is 32.2. The van der Waals surface area contributed by atoms with Gasteiger partial charge in [0.1, 0.15) is 11.5 Å². The van der Waals surface area contributed by atoms with Gasteiger partial charge < -0.3 is 30.0 Å². The number of carbonyl (C=O) groups is 1. The zero-order valence-electron chi connectivity index (χ0n) is 27.7. The molecule has 0 bridgehead atoms. The summed E-state index contributed by atoms with van der Waals surface area (Å²) in [6, 6.07) is 41.2. The molecule has 5 aromatic carbocycles. The molecule has 1 saturated heterocycles. The van der Waals surface area contributed by atoms with Crippen LogP contribution in [0, 0.1) is 5.92 Å². The standard InChI is InChI=1S/C39H36N6O5S/c1-26-35(25-51-39-42-43-44-45(39)32-11-4-2-5-12-32)49-37(50-36(26)28-17-15-27(24-46)16-18-28)29-9-8-10-31(23-29)41-38(47)40-30-19-21-34(22-20-30)48-33-13-6-3-7-14-33/h2-23,26,35-37,46H,24-25H2,1H3,(H2,40,41,47). The lowest BCUT2D eigenvalue weighted by molar-refractivity contribution is -0.268. The second-order valence-electron chi connectivity index (χ2n) is 12.0. The Labute approximate surface area is 299 Å². The fourth-order valence-corrected chi connectivity index (χ4v) is 6.81. The quantitative estimate of drug-likeness (QED) is 0.115. The molecule has 0 spiro atoms. The molecule has 2 heterocycles. The molecule has 1 aromatic heterocycles. The smallest absolute Gasteiger partial charge is 0.323 e. The van der Waals surface area contributed by atoms with E-state index in [-0.39, 0.29) is 24.7 Å². The molecule has 51 heavy (non-hydrogen) atoms. The third-order valence-electron chi connectivity index (χ3n) is 8.45.